The molecule has 1 unspecified atom stereocenters. The number of nitrogens with one attached hydrogen (secondary N) is 1. The van der Waals surface area contributed by atoms with Gasteiger partial charge in [-0.3, -0.25) is 10.1 Å². The van der Waals surface area contributed by atoms with E-state index >= 15 is 4.39 Å². The summed E-state index contributed by atoms with van der Waals surface area (Å²) < 4.78 is 31.5. The van der Waals surface area contributed by atoms with Crippen LogP contribution in [0.25, 0.3) is 27.7 Å². The van der Waals surface area contributed by atoms with Gasteiger partial charge in [0.2, 0.25) is 0 Å². The normalized spacial score (nSPS) is 12.5. The number of rotatable bonds is 5. The predicted octanol–water partition coefficient (Wildman–Crippen LogP) is 3.76. The number of benzene rings is 1. The van der Waals surface area contributed by atoms with Crippen molar-refractivity contribution in [3.8, 4) is 11.1 Å². The molecule has 154 valence electrons. The summed E-state index contributed by atoms with van der Waals surface area (Å²) in [6.45, 7) is 1.60. The van der Waals surface area contributed by atoms with Gasteiger partial charge in [0, 0.05) is 47.0 Å². The zero-order valence-electron chi connectivity index (χ0n) is 16.1. The number of pyridine rings is 1. The molecule has 31 heavy (non-hydrogen) atoms. The number of hydrogen-bond donors (Lipinski definition) is 1. The molecule has 0 saturated carbocycles. The van der Waals surface area contributed by atoms with E-state index in [2.05, 4.69) is 35.7 Å². The zero-order chi connectivity index (χ0) is 21.5. The van der Waals surface area contributed by atoms with E-state index < -0.39 is 17.7 Å². The van der Waals surface area contributed by atoms with Crippen LogP contribution in [0, 0.1) is 16.5 Å². The van der Waals surface area contributed by atoms with E-state index in [9.17, 15) is 9.30 Å². The Balaban J connectivity index is 1.61. The number of halogens is 2. The van der Waals surface area contributed by atoms with Crippen LogP contribution in [-0.2, 0) is 6.42 Å². The van der Waals surface area contributed by atoms with Gasteiger partial charge in [-0.25, -0.2) is 8.78 Å². The van der Waals surface area contributed by atoms with Crippen molar-refractivity contribution in [1.29, 1.82) is 0 Å². The van der Waals surface area contributed by atoms with Crippen LogP contribution in [0.5, 0.6) is 0 Å². The van der Waals surface area contributed by atoms with Gasteiger partial charge >= 0.3 is 0 Å². The number of nitroso groups, excluding NO2 is 1. The molecule has 0 spiro atoms. The van der Waals surface area contributed by atoms with Crippen LogP contribution in [0.15, 0.2) is 48.0 Å². The third-order valence-corrected chi connectivity index (χ3v) is 5.07. The van der Waals surface area contributed by atoms with E-state index in [1.165, 1.54) is 16.8 Å². The maximum Gasteiger partial charge on any atom is 0.177 e. The Kier molecular flexibility index (Phi) is 4.42. The molecule has 0 saturated heterocycles. The van der Waals surface area contributed by atoms with Gasteiger partial charge < -0.3 is 0 Å². The monoisotopic (exact) mass is 420 g/mol. The summed E-state index contributed by atoms with van der Waals surface area (Å²) in [5.41, 5.74) is 2.19. The van der Waals surface area contributed by atoms with Crippen molar-refractivity contribution >= 4 is 16.6 Å². The highest BCUT2D eigenvalue weighted by Crippen LogP contribution is 2.28. The smallest absolute Gasteiger partial charge is 0.177 e. The highest BCUT2D eigenvalue weighted by atomic mass is 19.1. The Morgan fingerprint density at radius 2 is 2.03 bits per heavy atom. The van der Waals surface area contributed by atoms with E-state index in [-0.39, 0.29) is 28.7 Å². The van der Waals surface area contributed by atoms with Crippen molar-refractivity contribution in [2.45, 2.75) is 19.4 Å². The standard InChI is InChI=1S/C20H14F2N8O/c1-10(29-31)16-2-3-18-26-27-19(30(18)28-16)5-13-15(21)6-17-14(20(13)22)4-11(7-23-17)12-8-24-25-9-12/h2-4,6-10H,5H2,1H3,(H,24,25). The van der Waals surface area contributed by atoms with Crippen molar-refractivity contribution in [3.05, 3.63) is 76.5 Å². The van der Waals surface area contributed by atoms with Gasteiger partial charge in [-0.2, -0.15) is 19.6 Å². The summed E-state index contributed by atoms with van der Waals surface area (Å²) in [5, 5.41) is 22.0. The quantitative estimate of drug-likeness (QED) is 0.433. The molecule has 0 bridgehead atoms. The molecule has 0 amide bonds. The van der Waals surface area contributed by atoms with E-state index in [1.54, 1.807) is 37.5 Å². The lowest BCUT2D eigenvalue weighted by molar-refractivity contribution is 0.565. The Hall–Kier alpha value is -4.15. The number of aromatic nitrogens is 7. The summed E-state index contributed by atoms with van der Waals surface area (Å²) in [6.07, 6.45) is 4.59. The molecule has 1 aromatic carbocycles. The van der Waals surface area contributed by atoms with Crippen LogP contribution < -0.4 is 0 Å². The number of hydrogen-bond acceptors (Lipinski definition) is 7. The highest BCUT2D eigenvalue weighted by Gasteiger charge is 2.19. The predicted molar refractivity (Wildman–Crippen MR) is 107 cm³/mol. The summed E-state index contributed by atoms with van der Waals surface area (Å²) >= 11 is 0. The maximum absolute atomic E-state index is 15.4. The van der Waals surface area contributed by atoms with Crippen LogP contribution in [-0.4, -0.2) is 35.0 Å². The average Bonchev–Trinajstić information content (AvgIpc) is 3.46. The summed E-state index contributed by atoms with van der Waals surface area (Å²) in [7, 11) is 0. The topological polar surface area (TPSA) is 114 Å². The van der Waals surface area contributed by atoms with Crippen LogP contribution in [0.1, 0.15) is 30.0 Å². The molecule has 9 nitrogen and oxygen atoms in total. The molecular formula is C20H14F2N8O. The molecule has 0 aliphatic rings. The highest BCUT2D eigenvalue weighted by molar-refractivity contribution is 5.84. The number of fused-ring (bicyclic) bond motifs is 2. The largest absolute Gasteiger partial charge is 0.285 e. The van der Waals surface area contributed by atoms with Crippen LogP contribution in [0.4, 0.5) is 8.78 Å². The first-order valence-corrected chi connectivity index (χ1v) is 9.34. The first-order valence-electron chi connectivity index (χ1n) is 9.34. The number of H-pyrrole nitrogens is 1. The molecule has 4 aromatic heterocycles. The van der Waals surface area contributed by atoms with E-state index in [4.69, 9.17) is 0 Å². The summed E-state index contributed by atoms with van der Waals surface area (Å²) in [4.78, 5) is 15.0. The third-order valence-electron chi connectivity index (χ3n) is 5.07. The fraction of sp³-hybridized carbons (Fsp3) is 0.150. The van der Waals surface area contributed by atoms with Crippen molar-refractivity contribution in [3.63, 3.8) is 0 Å². The van der Waals surface area contributed by atoms with Gasteiger partial charge in [0.25, 0.3) is 0 Å². The van der Waals surface area contributed by atoms with Crippen LogP contribution in [0.3, 0.4) is 0 Å². The summed E-state index contributed by atoms with van der Waals surface area (Å²) in [5.74, 6) is -1.25. The van der Waals surface area contributed by atoms with Crippen LogP contribution in [0.2, 0.25) is 0 Å². The first kappa shape index (κ1) is 18.9. The number of aromatic amines is 1. The lowest BCUT2D eigenvalue weighted by atomic mass is 10.0. The fourth-order valence-electron chi connectivity index (χ4n) is 3.36. The van der Waals surface area contributed by atoms with Gasteiger partial charge in [0.05, 0.1) is 17.4 Å². The minimum absolute atomic E-state index is 0.177. The first-order chi connectivity index (χ1) is 15.0. The zero-order valence-corrected chi connectivity index (χ0v) is 16.1. The number of nitrogens with zero attached hydrogens (tertiary/aromatic N) is 7. The molecule has 0 aliphatic carbocycles. The van der Waals surface area contributed by atoms with Crippen molar-refractivity contribution in [2.75, 3.05) is 0 Å². The van der Waals surface area contributed by atoms with Crippen molar-refractivity contribution in [1.82, 2.24) is 35.0 Å². The van der Waals surface area contributed by atoms with Crippen molar-refractivity contribution in [2.24, 2.45) is 5.18 Å². The van der Waals surface area contributed by atoms with Gasteiger partial charge in [-0.15, -0.1) is 10.2 Å². The Bertz CT molecular complexity index is 1430. The van der Waals surface area contributed by atoms with Gasteiger partial charge in [0.15, 0.2) is 11.5 Å². The molecule has 11 heteroatoms. The molecule has 0 fully saturated rings. The van der Waals surface area contributed by atoms with Crippen LogP contribution >= 0.6 is 0 Å². The molecule has 5 aromatic rings. The van der Waals surface area contributed by atoms with E-state index in [1.807, 2.05) is 0 Å². The minimum atomic E-state index is -0.746. The van der Waals surface area contributed by atoms with Gasteiger partial charge in [-0.05, 0) is 25.1 Å². The van der Waals surface area contributed by atoms with Gasteiger partial charge in [-0.1, -0.05) is 5.18 Å². The SMILES string of the molecule is CC(N=O)c1ccc2nnc(Cc3c(F)cc4ncc(-c5cn[nH]c5)cc4c3F)n2n1. The molecular weight excluding hydrogens is 406 g/mol. The maximum atomic E-state index is 15.4. The Labute approximate surface area is 173 Å². The Morgan fingerprint density at radius 1 is 1.16 bits per heavy atom. The van der Waals surface area contributed by atoms with Crippen molar-refractivity contribution < 1.29 is 8.78 Å². The molecule has 1 N–H and O–H groups in total. The minimum Gasteiger partial charge on any atom is -0.285 e. The molecule has 4 heterocycles. The molecule has 0 radical (unpaired) electrons. The Morgan fingerprint density at radius 3 is 2.81 bits per heavy atom. The summed E-state index contributed by atoms with van der Waals surface area (Å²) in [6, 6.07) is 5.34. The lowest BCUT2D eigenvalue weighted by Gasteiger charge is -2.09. The average molecular weight is 420 g/mol. The van der Waals surface area contributed by atoms with E-state index in [0.717, 1.165) is 5.56 Å². The molecule has 5 rings (SSSR count). The second-order valence-corrected chi connectivity index (χ2v) is 7.03. The molecule has 0 aliphatic heterocycles. The second kappa shape index (κ2) is 7.27. The van der Waals surface area contributed by atoms with Gasteiger partial charge in [0.1, 0.15) is 17.7 Å². The second-order valence-electron chi connectivity index (χ2n) is 7.03. The fourth-order valence-corrected chi connectivity index (χ4v) is 3.36. The third kappa shape index (κ3) is 3.19. The van der Waals surface area contributed by atoms with E-state index in [0.29, 0.717) is 16.9 Å². The molecule has 1 atom stereocenters. The lowest BCUT2D eigenvalue weighted by Crippen LogP contribution is -2.07.